The lowest BCUT2D eigenvalue weighted by Crippen LogP contribution is -2.37. The van der Waals surface area contributed by atoms with Gasteiger partial charge >= 0.3 is 0 Å². The van der Waals surface area contributed by atoms with Crippen molar-refractivity contribution in [3.8, 4) is 0 Å². The number of hydrogen-bond acceptors (Lipinski definition) is 3. The highest BCUT2D eigenvalue weighted by Crippen LogP contribution is 2.34. The number of hydrogen-bond donors (Lipinski definition) is 0. The zero-order valence-corrected chi connectivity index (χ0v) is 9.46. The smallest absolute Gasteiger partial charge is 0.121 e. The molecule has 0 aromatic carbocycles. The second-order valence-electron chi connectivity index (χ2n) is 3.61. The van der Waals surface area contributed by atoms with E-state index in [0.29, 0.717) is 0 Å². The molecule has 1 aliphatic carbocycles. The summed E-state index contributed by atoms with van der Waals surface area (Å²) in [5.74, 6) is 1.86. The van der Waals surface area contributed by atoms with Crippen molar-refractivity contribution < 1.29 is 14.2 Å². The van der Waals surface area contributed by atoms with Crippen molar-refractivity contribution in [1.82, 2.24) is 0 Å². The highest BCUT2D eigenvalue weighted by Gasteiger charge is 2.36. The van der Waals surface area contributed by atoms with Crippen LogP contribution in [0.1, 0.15) is 13.8 Å². The van der Waals surface area contributed by atoms with E-state index in [1.165, 1.54) is 0 Å². The molecule has 0 bridgehead atoms. The Hall–Kier alpha value is -0.960. The minimum Gasteiger partial charge on any atom is -0.501 e. The predicted octanol–water partition coefficient (Wildman–Crippen LogP) is 2.10. The van der Waals surface area contributed by atoms with E-state index < -0.39 is 0 Å². The fourth-order valence-corrected chi connectivity index (χ4v) is 1.59. The maximum atomic E-state index is 5.48. The zero-order valence-electron chi connectivity index (χ0n) is 9.46. The largest absolute Gasteiger partial charge is 0.501 e. The first-order valence-electron chi connectivity index (χ1n) is 4.65. The van der Waals surface area contributed by atoms with Gasteiger partial charge in [-0.05, 0) is 13.0 Å². The molecule has 0 N–H and O–H groups in total. The van der Waals surface area contributed by atoms with Gasteiger partial charge in [0.15, 0.2) is 0 Å². The maximum absolute atomic E-state index is 5.48. The number of ether oxygens (including phenoxy) is 3. The van der Waals surface area contributed by atoms with Crippen molar-refractivity contribution in [2.24, 2.45) is 5.92 Å². The van der Waals surface area contributed by atoms with Gasteiger partial charge in [0.2, 0.25) is 0 Å². The second-order valence-corrected chi connectivity index (χ2v) is 3.61. The van der Waals surface area contributed by atoms with Gasteiger partial charge in [0, 0.05) is 19.1 Å². The van der Waals surface area contributed by atoms with E-state index in [0.717, 1.165) is 11.5 Å². The van der Waals surface area contributed by atoms with Crippen LogP contribution >= 0.6 is 0 Å². The molecule has 0 spiro atoms. The molecule has 0 amide bonds. The van der Waals surface area contributed by atoms with Crippen molar-refractivity contribution in [3.63, 3.8) is 0 Å². The summed E-state index contributed by atoms with van der Waals surface area (Å²) in [5, 5.41) is 0. The zero-order chi connectivity index (χ0) is 10.8. The molecule has 1 aliphatic rings. The minimum absolute atomic E-state index is 0.191. The molecule has 3 heteroatoms. The third kappa shape index (κ3) is 1.77. The highest BCUT2D eigenvalue weighted by molar-refractivity contribution is 5.29. The van der Waals surface area contributed by atoms with Crippen LogP contribution in [-0.4, -0.2) is 26.9 Å². The molecule has 1 rings (SSSR count). The van der Waals surface area contributed by atoms with Crippen LogP contribution in [-0.2, 0) is 14.2 Å². The first kappa shape index (κ1) is 11.1. The number of methoxy groups -OCH3 is 3. The summed E-state index contributed by atoms with van der Waals surface area (Å²) in [5.41, 5.74) is -0.356. The van der Waals surface area contributed by atoms with E-state index in [2.05, 4.69) is 6.92 Å². The van der Waals surface area contributed by atoms with Crippen LogP contribution in [0.25, 0.3) is 0 Å². The lowest BCUT2D eigenvalue weighted by atomic mass is 9.84. The molecule has 80 valence electrons. The molecule has 2 atom stereocenters. The molecule has 0 aromatic heterocycles. The van der Waals surface area contributed by atoms with Crippen molar-refractivity contribution in [1.29, 1.82) is 0 Å². The molecule has 0 heterocycles. The summed E-state index contributed by atoms with van der Waals surface area (Å²) in [6.45, 7) is 4.09. The summed E-state index contributed by atoms with van der Waals surface area (Å²) >= 11 is 0. The van der Waals surface area contributed by atoms with Crippen LogP contribution in [0.3, 0.4) is 0 Å². The maximum Gasteiger partial charge on any atom is 0.121 e. The summed E-state index contributed by atoms with van der Waals surface area (Å²) in [7, 11) is 5.00. The van der Waals surface area contributed by atoms with Gasteiger partial charge in [-0.25, -0.2) is 0 Å². The molecule has 14 heavy (non-hydrogen) atoms. The number of rotatable bonds is 3. The van der Waals surface area contributed by atoms with Gasteiger partial charge in [-0.3, -0.25) is 0 Å². The third-order valence-electron chi connectivity index (χ3n) is 2.91. The predicted molar refractivity (Wildman–Crippen MR) is 54.8 cm³/mol. The Labute approximate surface area is 85.3 Å². The van der Waals surface area contributed by atoms with Crippen LogP contribution in [0.15, 0.2) is 23.7 Å². The molecule has 0 fully saturated rings. The van der Waals surface area contributed by atoms with Gasteiger partial charge in [0.1, 0.15) is 11.5 Å². The highest BCUT2D eigenvalue weighted by atomic mass is 16.5. The summed E-state index contributed by atoms with van der Waals surface area (Å²) in [4.78, 5) is 0. The van der Waals surface area contributed by atoms with E-state index in [1.54, 1.807) is 21.3 Å². The quantitative estimate of drug-likeness (QED) is 0.695. The molecule has 2 unspecified atom stereocenters. The van der Waals surface area contributed by atoms with Gasteiger partial charge in [-0.1, -0.05) is 6.92 Å². The second kappa shape index (κ2) is 4.05. The van der Waals surface area contributed by atoms with E-state index in [9.17, 15) is 0 Å². The Balaban J connectivity index is 3.04. The monoisotopic (exact) mass is 198 g/mol. The van der Waals surface area contributed by atoms with Crippen LogP contribution < -0.4 is 0 Å². The molecule has 0 radical (unpaired) electrons. The van der Waals surface area contributed by atoms with Gasteiger partial charge in [0.25, 0.3) is 0 Å². The first-order chi connectivity index (χ1) is 6.57. The summed E-state index contributed by atoms with van der Waals surface area (Å²) < 4.78 is 16.0. The standard InChI is InChI=1S/C11H18O3/c1-8-10(13-4)6-9(12-3)7-11(8,2)14-5/h6-8H,1-5H3. The van der Waals surface area contributed by atoms with E-state index >= 15 is 0 Å². The Morgan fingerprint density at radius 3 is 2.29 bits per heavy atom. The van der Waals surface area contributed by atoms with E-state index in [-0.39, 0.29) is 11.5 Å². The summed E-state index contributed by atoms with van der Waals surface area (Å²) in [6, 6.07) is 0. The fourth-order valence-electron chi connectivity index (χ4n) is 1.59. The van der Waals surface area contributed by atoms with Crippen molar-refractivity contribution in [3.05, 3.63) is 23.7 Å². The molecule has 0 aromatic rings. The van der Waals surface area contributed by atoms with Gasteiger partial charge in [-0.2, -0.15) is 0 Å². The Kier molecular flexibility index (Phi) is 3.21. The lowest BCUT2D eigenvalue weighted by molar-refractivity contribution is -0.00684. The van der Waals surface area contributed by atoms with Crippen molar-refractivity contribution >= 4 is 0 Å². The minimum atomic E-state index is -0.356. The van der Waals surface area contributed by atoms with Gasteiger partial charge in [-0.15, -0.1) is 0 Å². The molecule has 3 nitrogen and oxygen atoms in total. The van der Waals surface area contributed by atoms with Crippen molar-refractivity contribution in [2.45, 2.75) is 19.4 Å². The van der Waals surface area contributed by atoms with Crippen LogP contribution in [0.2, 0.25) is 0 Å². The number of allylic oxidation sites excluding steroid dienone is 1. The lowest BCUT2D eigenvalue weighted by Gasteiger charge is -2.35. The van der Waals surface area contributed by atoms with Crippen LogP contribution in [0.5, 0.6) is 0 Å². The molecular weight excluding hydrogens is 180 g/mol. The SMILES string of the molecule is COC1=CC(C)(OC)C(C)C(OC)=C1. The van der Waals surface area contributed by atoms with E-state index in [1.807, 2.05) is 19.1 Å². The van der Waals surface area contributed by atoms with Crippen LogP contribution in [0, 0.1) is 5.92 Å². The fraction of sp³-hybridized carbons (Fsp3) is 0.636. The Morgan fingerprint density at radius 2 is 1.86 bits per heavy atom. The first-order valence-corrected chi connectivity index (χ1v) is 4.65. The molecule has 0 aliphatic heterocycles. The summed E-state index contributed by atoms with van der Waals surface area (Å²) in [6.07, 6.45) is 3.87. The average molecular weight is 198 g/mol. The third-order valence-corrected chi connectivity index (χ3v) is 2.91. The van der Waals surface area contributed by atoms with Crippen LogP contribution in [0.4, 0.5) is 0 Å². The molecule has 0 saturated heterocycles. The topological polar surface area (TPSA) is 27.7 Å². The molecular formula is C11H18O3. The van der Waals surface area contributed by atoms with Crippen molar-refractivity contribution in [2.75, 3.05) is 21.3 Å². The molecule has 0 saturated carbocycles. The van der Waals surface area contributed by atoms with Gasteiger partial charge in [0.05, 0.1) is 19.8 Å². The Bertz CT molecular complexity index is 268. The Morgan fingerprint density at radius 1 is 1.21 bits per heavy atom. The normalized spacial score (nSPS) is 31.9. The van der Waals surface area contributed by atoms with Gasteiger partial charge < -0.3 is 14.2 Å². The van der Waals surface area contributed by atoms with E-state index in [4.69, 9.17) is 14.2 Å². The average Bonchev–Trinajstić information content (AvgIpc) is 2.22.